The smallest absolute Gasteiger partial charge is 0.407 e. The van der Waals surface area contributed by atoms with Crippen LogP contribution in [0.5, 0.6) is 0 Å². The SMILES string of the molecule is CO[C@H]1CC2CCCC(O2)C(=O)C(=O)N2CCCC[C@H]2C(=O)O[C@H](CCC2CCC(OC(=O)NCc3cnc(N4CCN(C(=O)CCOCCN5CCN(c6ncc(C(=O)N7CCc8cc(Cn9nc(-c%10ccc%11oc(N)nc%11c%10)c%10c(N)ncnc%109)ccc8C7)cn6)CC5)[C@@H](C(=O)O)C4)nc3)CC2)CC[C@H](C)/C=C(\C)[C@@H](O)CC(=O)[C@H](C)C[C@H](C)/C=C/C=CC=C1C. The molecule has 7 N–H and O–H groups in total. The zero-order chi connectivity index (χ0) is 90.1. The maximum Gasteiger partial charge on any atom is 0.407 e. The molecule has 0 spiro atoms. The molecule has 11 heterocycles. The number of piperidine rings is 1. The third-order valence-corrected chi connectivity index (χ3v) is 26.2. The number of allylic oxidation sites excluding steroid dienone is 6. The molecule has 684 valence electrons. The van der Waals surface area contributed by atoms with Gasteiger partial charge in [-0.15, -0.1) is 0 Å². The zero-order valence-electron chi connectivity index (χ0n) is 74.3. The van der Waals surface area contributed by atoms with Gasteiger partial charge in [0.15, 0.2) is 11.2 Å². The zero-order valence-corrected chi connectivity index (χ0v) is 74.3. The molecule has 4 amide bonds. The molecule has 128 heavy (non-hydrogen) atoms. The van der Waals surface area contributed by atoms with Gasteiger partial charge in [-0.05, 0) is 180 Å². The predicted molar refractivity (Wildman–Crippen MR) is 478 cm³/mol. The molecule has 0 radical (unpaired) electrons. The van der Waals surface area contributed by atoms with E-state index in [4.69, 9.17) is 44.7 Å². The Bertz CT molecular complexity index is 5190. The number of Topliss-reactive ketones (excluding diaryl/α,β-unsaturated/α-hetero) is 2. The normalized spacial score (nSPS) is 25.7. The minimum atomic E-state index is -1.15. The first-order valence-corrected chi connectivity index (χ1v) is 45.4. The van der Waals surface area contributed by atoms with E-state index in [0.29, 0.717) is 199 Å². The number of nitrogen functional groups attached to an aromatic ring is 2. The van der Waals surface area contributed by atoms with Crippen molar-refractivity contribution in [3.63, 3.8) is 0 Å². The van der Waals surface area contributed by atoms with Crippen LogP contribution in [0.25, 0.3) is 33.4 Å². The Hall–Kier alpha value is -11.5. The first-order valence-electron chi connectivity index (χ1n) is 45.4. The van der Waals surface area contributed by atoms with E-state index >= 15 is 0 Å². The summed E-state index contributed by atoms with van der Waals surface area (Å²) in [6.07, 6.45) is 26.3. The number of aromatic nitrogens is 9. The van der Waals surface area contributed by atoms with Crippen molar-refractivity contribution >= 4 is 93.2 Å². The molecule has 7 aliphatic rings. The minimum Gasteiger partial charge on any atom is -0.480 e. The van der Waals surface area contributed by atoms with Gasteiger partial charge < -0.3 is 79.6 Å². The summed E-state index contributed by atoms with van der Waals surface area (Å²) in [7, 11) is 1.64. The van der Waals surface area contributed by atoms with E-state index in [1.54, 1.807) is 42.9 Å². The Labute approximate surface area is 745 Å². The number of methoxy groups -OCH3 is 1. The van der Waals surface area contributed by atoms with E-state index in [1.165, 1.54) is 16.1 Å². The van der Waals surface area contributed by atoms with Crippen molar-refractivity contribution in [2.45, 2.75) is 225 Å². The van der Waals surface area contributed by atoms with Gasteiger partial charge in [0.1, 0.15) is 59.5 Å². The molecule has 7 aromatic rings. The molecular weight excluding hydrogens is 1640 g/mol. The van der Waals surface area contributed by atoms with E-state index < -0.39 is 60.1 Å². The van der Waals surface area contributed by atoms with Crippen molar-refractivity contribution < 1.29 is 76.7 Å². The maximum atomic E-state index is 14.5. The number of hydrogen-bond donors (Lipinski definition) is 5. The van der Waals surface area contributed by atoms with E-state index in [2.05, 4.69) is 75.1 Å². The second kappa shape index (κ2) is 43.6. The van der Waals surface area contributed by atoms with Gasteiger partial charge >= 0.3 is 18.0 Å². The molecular formula is C94H122N18O16. The minimum absolute atomic E-state index is 0.00442. The van der Waals surface area contributed by atoms with Gasteiger partial charge in [0.2, 0.25) is 23.6 Å². The summed E-state index contributed by atoms with van der Waals surface area (Å²) in [6, 6.07) is 9.77. The van der Waals surface area contributed by atoms with Gasteiger partial charge in [-0.1, -0.05) is 75.4 Å². The van der Waals surface area contributed by atoms with Crippen LogP contribution in [0.4, 0.5) is 28.5 Å². The van der Waals surface area contributed by atoms with Crippen molar-refractivity contribution in [1.82, 2.24) is 69.6 Å². The fourth-order valence-electron chi connectivity index (χ4n) is 18.7. The highest BCUT2D eigenvalue weighted by molar-refractivity contribution is 6.38. The number of fused-ring (bicyclic) bond motifs is 6. The lowest BCUT2D eigenvalue weighted by Gasteiger charge is -2.39. The number of aliphatic hydroxyl groups is 1. The number of ketones is 2. The predicted octanol–water partition coefficient (Wildman–Crippen LogP) is 10.1. The molecule has 5 fully saturated rings. The largest absolute Gasteiger partial charge is 0.480 e. The van der Waals surface area contributed by atoms with Crippen LogP contribution in [-0.4, -0.2) is 256 Å². The molecule has 34 nitrogen and oxygen atoms in total. The number of aliphatic hydroxyl groups excluding tert-OH is 1. The van der Waals surface area contributed by atoms with E-state index in [9.17, 15) is 48.6 Å². The Morgan fingerprint density at radius 2 is 1.50 bits per heavy atom. The highest BCUT2D eigenvalue weighted by Crippen LogP contribution is 2.37. The number of cyclic esters (lactones) is 1. The number of anilines is 4. The highest BCUT2D eigenvalue weighted by Gasteiger charge is 2.43. The second-order valence-corrected chi connectivity index (χ2v) is 35.5. The average molecular weight is 1760 g/mol. The lowest BCUT2D eigenvalue weighted by Crippen LogP contribution is -2.58. The Kier molecular flexibility index (Phi) is 31.6. The van der Waals surface area contributed by atoms with Crippen molar-refractivity contribution in [2.24, 2.45) is 23.7 Å². The van der Waals surface area contributed by atoms with Gasteiger partial charge in [0, 0.05) is 134 Å². The fourth-order valence-corrected chi connectivity index (χ4v) is 18.7. The van der Waals surface area contributed by atoms with Crippen LogP contribution in [0.2, 0.25) is 0 Å². The Morgan fingerprint density at radius 1 is 0.727 bits per heavy atom. The molecule has 1 saturated carbocycles. The van der Waals surface area contributed by atoms with E-state index in [0.717, 1.165) is 60.2 Å². The molecule has 2 bridgehead atoms. The number of piperazine rings is 2. The average Bonchev–Trinajstić information content (AvgIpc) is 1.61. The van der Waals surface area contributed by atoms with Gasteiger partial charge in [-0.2, -0.15) is 10.1 Å². The monoisotopic (exact) mass is 1760 g/mol. The molecule has 1 aliphatic carbocycles. The lowest BCUT2D eigenvalue weighted by molar-refractivity contribution is -0.167. The summed E-state index contributed by atoms with van der Waals surface area (Å²) in [5.41, 5.74) is 21.3. The van der Waals surface area contributed by atoms with Gasteiger partial charge in [-0.25, -0.2) is 49.0 Å². The number of alkyl carbamates (subject to hydrolysis) is 1. The molecule has 4 saturated heterocycles. The van der Waals surface area contributed by atoms with Crippen LogP contribution in [0.15, 0.2) is 120 Å². The van der Waals surface area contributed by atoms with Crippen molar-refractivity contribution in [3.05, 3.63) is 143 Å². The number of nitrogens with one attached hydrogen (secondary N) is 1. The topological polar surface area (TPSA) is 428 Å². The summed E-state index contributed by atoms with van der Waals surface area (Å²) in [6.45, 7) is 15.9. The Morgan fingerprint density at radius 3 is 2.28 bits per heavy atom. The molecule has 14 rings (SSSR count). The van der Waals surface area contributed by atoms with Gasteiger partial charge in [-0.3, -0.25) is 28.9 Å². The van der Waals surface area contributed by atoms with Crippen LogP contribution in [0.1, 0.15) is 183 Å². The van der Waals surface area contributed by atoms with Crippen molar-refractivity contribution in [1.29, 1.82) is 0 Å². The first-order chi connectivity index (χ1) is 61.8. The number of ether oxygens (including phenoxy) is 5. The quantitative estimate of drug-likeness (QED) is 0.0205. The third-order valence-electron chi connectivity index (χ3n) is 26.2. The summed E-state index contributed by atoms with van der Waals surface area (Å²) in [5, 5.41) is 30.1. The number of nitrogens with zero attached hydrogens (tertiary/aromatic N) is 15. The highest BCUT2D eigenvalue weighted by atomic mass is 16.6. The third kappa shape index (κ3) is 23.9. The number of carboxylic acid groups (broad SMARTS) is 1. The summed E-state index contributed by atoms with van der Waals surface area (Å²) < 4.78 is 37.9. The molecule has 34 heteroatoms. The van der Waals surface area contributed by atoms with E-state index in [1.807, 2.05) is 85.9 Å². The number of benzene rings is 2. The van der Waals surface area contributed by atoms with Crippen LogP contribution in [-0.2, 0) is 78.5 Å². The van der Waals surface area contributed by atoms with Crippen LogP contribution in [0, 0.1) is 23.7 Å². The first kappa shape index (κ1) is 92.7. The molecule has 6 aliphatic heterocycles. The van der Waals surface area contributed by atoms with Crippen LogP contribution in [0.3, 0.4) is 0 Å². The molecule has 10 atom stereocenters. The number of carbonyl (C=O) groups is 8. The van der Waals surface area contributed by atoms with Gasteiger partial charge in [0.25, 0.3) is 17.8 Å². The number of amides is 4. The number of nitrogens with two attached hydrogens (primary N) is 2. The number of oxazole rings is 1. The summed E-state index contributed by atoms with van der Waals surface area (Å²) in [5.74, 6) is -2.32. The van der Waals surface area contributed by atoms with Crippen molar-refractivity contribution in [2.75, 3.05) is 107 Å². The molecule has 2 unspecified atom stereocenters. The number of carboxylic acids is 1. The second-order valence-electron chi connectivity index (χ2n) is 35.5. The lowest BCUT2D eigenvalue weighted by atomic mass is 9.83. The standard InChI is InChI=1S/C94H122N18O16/c1-58-13-8-7-9-14-60(3)80(123-6)47-72-15-12-17-79(125-72)84(116)88(118)111-32-11-10-16-74(111)90(121)126-70(25-18-59(2)44-62(5)77(114)48-76(113)61(4)43-58)26-20-63-21-27-71(28-22-63)127-94(122)101-51-65-49-97-93(98-50-65)109-38-39-110(75(56-109)89(119)120)81(115)31-41-124-42-40-106-34-36-107(37-35-106)92-99-52-69(53-100-92)87(117)108-33-30-66-45-64(19-23-68(66)55-108)54-112-86-82(85(95)102-57-103-86)83(105-112)67-24-29-78-73(46-67)104-91(96)128-78/h7-9,13-14,19,23-24,29,44-46,49-50,52-53,57-59,61,63,70-72,74-75,77,79-80,114H,10-12,15-18,20-22,25-28,30-43,47-48,51,54-56H2,1-6H3,(H2,96,104)(H,101,122)(H,119,120)(H2,95,102,103)/b9-7?,13-8+,60-14?,62-44+/t58-,59+,61-,63?,70+,71?,72?,74+,75-,77+,79?,80+/m1/s1. The van der Waals surface area contributed by atoms with Crippen LogP contribution >= 0.6 is 0 Å². The van der Waals surface area contributed by atoms with Crippen LogP contribution < -0.4 is 26.6 Å². The van der Waals surface area contributed by atoms with Crippen molar-refractivity contribution in [3.8, 4) is 11.3 Å². The fraction of sp³-hybridized carbons (Fsp3) is 0.553. The van der Waals surface area contributed by atoms with E-state index in [-0.39, 0.29) is 117 Å². The number of hydrogen-bond acceptors (Lipinski definition) is 28. The molecule has 5 aromatic heterocycles. The summed E-state index contributed by atoms with van der Waals surface area (Å²) in [4.78, 5) is 152. The summed E-state index contributed by atoms with van der Waals surface area (Å²) >= 11 is 0. The Balaban J connectivity index is 0.484. The maximum absolute atomic E-state index is 14.5. The number of carbonyl (C=O) groups excluding carboxylic acids is 7. The number of esters is 1. The number of aliphatic carboxylic acids is 1. The number of rotatable bonds is 20. The van der Waals surface area contributed by atoms with Gasteiger partial charge in [0.05, 0.1) is 62.0 Å². The molecule has 2 aromatic carbocycles.